The zero-order chi connectivity index (χ0) is 36.3. The van der Waals surface area contributed by atoms with E-state index < -0.39 is 0 Å². The number of fused-ring (bicyclic) bond motifs is 6. The zero-order valence-electron chi connectivity index (χ0n) is 29.8. The number of rotatable bonds is 6. The van der Waals surface area contributed by atoms with Crippen LogP contribution in [0, 0.1) is 0 Å². The Bertz CT molecular complexity index is 3010. The number of hydrogen-bond donors (Lipinski definition) is 0. The highest BCUT2D eigenvalue weighted by Gasteiger charge is 2.32. The van der Waals surface area contributed by atoms with Gasteiger partial charge in [0.05, 0.1) is 16.6 Å². The van der Waals surface area contributed by atoms with Crippen molar-refractivity contribution in [3.63, 3.8) is 0 Å². The molecule has 11 rings (SSSR count). The molecule has 260 valence electrons. The van der Waals surface area contributed by atoms with Crippen LogP contribution in [0.5, 0.6) is 0 Å². The highest BCUT2D eigenvalue weighted by atomic mass is 16.5. The summed E-state index contributed by atoms with van der Waals surface area (Å²) in [6, 6.07) is 60.4. The summed E-state index contributed by atoms with van der Waals surface area (Å²) in [4.78, 5) is 7.42. The molecule has 2 atom stereocenters. The van der Waals surface area contributed by atoms with Gasteiger partial charge in [-0.1, -0.05) is 140 Å². The average molecular weight is 707 g/mol. The van der Waals surface area contributed by atoms with Crippen molar-refractivity contribution in [1.82, 2.24) is 0 Å². The second kappa shape index (κ2) is 12.8. The van der Waals surface area contributed by atoms with Gasteiger partial charge in [0.15, 0.2) is 0 Å². The van der Waals surface area contributed by atoms with Crippen molar-refractivity contribution in [3.05, 3.63) is 200 Å². The summed E-state index contributed by atoms with van der Waals surface area (Å²) < 4.78 is 13.4. The van der Waals surface area contributed by atoms with Crippen molar-refractivity contribution in [2.45, 2.75) is 12.1 Å². The lowest BCUT2D eigenvalue weighted by Gasteiger charge is -2.26. The van der Waals surface area contributed by atoms with Gasteiger partial charge in [-0.05, 0) is 98.4 Å². The van der Waals surface area contributed by atoms with E-state index in [0.29, 0.717) is 5.90 Å². The summed E-state index contributed by atoms with van der Waals surface area (Å²) >= 11 is 0. The number of furan rings is 1. The van der Waals surface area contributed by atoms with Gasteiger partial charge in [0.1, 0.15) is 23.3 Å². The van der Waals surface area contributed by atoms with Gasteiger partial charge in [-0.2, -0.15) is 0 Å². The Morgan fingerprint density at radius 1 is 0.491 bits per heavy atom. The van der Waals surface area contributed by atoms with Crippen molar-refractivity contribution < 1.29 is 9.15 Å². The second-order valence-corrected chi connectivity index (χ2v) is 14.2. The lowest BCUT2D eigenvalue weighted by atomic mass is 9.98. The molecule has 4 heteroatoms. The Balaban J connectivity index is 1.10. The SMILES string of the molecule is C1=CC2N=C(c3c4ccccc4cc4c3oc3cccc(N(c5ccc(-c6ccccc6)cc5)c5ccc(-c6ccc7ccccc7c6)cc5)c34)OC2C=C1. The molecule has 0 radical (unpaired) electrons. The molecule has 1 aliphatic heterocycles. The zero-order valence-corrected chi connectivity index (χ0v) is 29.8. The smallest absolute Gasteiger partial charge is 0.222 e. The Hall–Kier alpha value is -7.17. The van der Waals surface area contributed by atoms with E-state index >= 15 is 0 Å². The molecule has 0 bridgehead atoms. The molecule has 9 aromatic rings. The molecule has 2 heterocycles. The molecule has 0 N–H and O–H groups in total. The maximum absolute atomic E-state index is 6.89. The maximum Gasteiger partial charge on any atom is 0.222 e. The second-order valence-electron chi connectivity index (χ2n) is 14.2. The van der Waals surface area contributed by atoms with Crippen LogP contribution in [0.1, 0.15) is 5.56 Å². The summed E-state index contributed by atoms with van der Waals surface area (Å²) in [6.07, 6.45) is 8.12. The topological polar surface area (TPSA) is 38.0 Å². The number of anilines is 3. The first-order valence-corrected chi connectivity index (χ1v) is 18.8. The molecule has 2 aliphatic rings. The van der Waals surface area contributed by atoms with E-state index in [9.17, 15) is 0 Å². The summed E-state index contributed by atoms with van der Waals surface area (Å²) in [7, 11) is 0. The molecule has 1 aliphatic carbocycles. The fourth-order valence-electron chi connectivity index (χ4n) is 8.26. The minimum atomic E-state index is -0.124. The third kappa shape index (κ3) is 5.33. The Morgan fingerprint density at radius 3 is 1.93 bits per heavy atom. The largest absolute Gasteiger partial charge is 0.467 e. The lowest BCUT2D eigenvalue weighted by molar-refractivity contribution is 0.255. The van der Waals surface area contributed by atoms with Gasteiger partial charge in [-0.3, -0.25) is 0 Å². The van der Waals surface area contributed by atoms with Crippen LogP contribution < -0.4 is 4.90 Å². The van der Waals surface area contributed by atoms with Crippen molar-refractivity contribution in [1.29, 1.82) is 0 Å². The van der Waals surface area contributed by atoms with Gasteiger partial charge < -0.3 is 14.1 Å². The first kappa shape index (κ1) is 31.4. The molecule has 0 saturated heterocycles. The molecule has 2 unspecified atom stereocenters. The predicted octanol–water partition coefficient (Wildman–Crippen LogP) is 13.3. The molecular formula is C51H34N2O2. The summed E-state index contributed by atoms with van der Waals surface area (Å²) in [6.45, 7) is 0. The van der Waals surface area contributed by atoms with Crippen molar-refractivity contribution in [2.75, 3.05) is 4.90 Å². The van der Waals surface area contributed by atoms with Crippen LogP contribution in [-0.4, -0.2) is 18.0 Å². The summed E-state index contributed by atoms with van der Waals surface area (Å²) in [5, 5.41) is 6.68. The van der Waals surface area contributed by atoms with E-state index in [-0.39, 0.29) is 12.1 Å². The van der Waals surface area contributed by atoms with E-state index in [0.717, 1.165) is 55.3 Å². The fraction of sp³-hybridized carbons (Fsp3) is 0.0392. The average Bonchev–Trinajstić information content (AvgIpc) is 3.85. The van der Waals surface area contributed by atoms with Crippen LogP contribution >= 0.6 is 0 Å². The first-order valence-electron chi connectivity index (χ1n) is 18.8. The third-order valence-corrected chi connectivity index (χ3v) is 11.0. The van der Waals surface area contributed by atoms with Crippen LogP contribution in [0.4, 0.5) is 17.1 Å². The fourth-order valence-corrected chi connectivity index (χ4v) is 8.26. The number of ether oxygens (including phenoxy) is 1. The van der Waals surface area contributed by atoms with E-state index in [2.05, 4.69) is 187 Å². The van der Waals surface area contributed by atoms with Crippen molar-refractivity contribution >= 4 is 66.4 Å². The van der Waals surface area contributed by atoms with E-state index in [1.54, 1.807) is 0 Å². The van der Waals surface area contributed by atoms with Crippen LogP contribution in [0.3, 0.4) is 0 Å². The van der Waals surface area contributed by atoms with E-state index in [4.69, 9.17) is 14.1 Å². The molecule has 4 nitrogen and oxygen atoms in total. The van der Waals surface area contributed by atoms with Gasteiger partial charge in [0, 0.05) is 16.8 Å². The highest BCUT2D eigenvalue weighted by molar-refractivity contribution is 6.24. The van der Waals surface area contributed by atoms with Gasteiger partial charge in [0.25, 0.3) is 0 Å². The number of benzene rings is 8. The molecule has 0 fully saturated rings. The molecule has 0 amide bonds. The van der Waals surface area contributed by atoms with Crippen molar-refractivity contribution in [3.8, 4) is 22.3 Å². The molecule has 8 aromatic carbocycles. The van der Waals surface area contributed by atoms with Crippen LogP contribution in [0.2, 0.25) is 0 Å². The lowest BCUT2D eigenvalue weighted by Crippen LogP contribution is -2.19. The summed E-state index contributed by atoms with van der Waals surface area (Å²) in [5.41, 5.74) is 10.3. The predicted molar refractivity (Wildman–Crippen MR) is 228 cm³/mol. The molecular weight excluding hydrogens is 673 g/mol. The normalized spacial score (nSPS) is 16.1. The Labute approximate surface area is 318 Å². The maximum atomic E-state index is 6.89. The van der Waals surface area contributed by atoms with Gasteiger partial charge in [0.2, 0.25) is 5.90 Å². The van der Waals surface area contributed by atoms with Gasteiger partial charge >= 0.3 is 0 Å². The molecule has 0 saturated carbocycles. The number of nitrogens with zero attached hydrogens (tertiary/aromatic N) is 2. The minimum absolute atomic E-state index is 0.0547. The highest BCUT2D eigenvalue weighted by Crippen LogP contribution is 2.46. The van der Waals surface area contributed by atoms with Crippen LogP contribution in [0.25, 0.3) is 65.7 Å². The monoisotopic (exact) mass is 706 g/mol. The van der Waals surface area contributed by atoms with Gasteiger partial charge in [-0.15, -0.1) is 0 Å². The Kier molecular flexibility index (Phi) is 7.27. The standard InChI is InChI=1S/C51H34N2O2/c1-2-11-33(12-3-1)35-23-27-40(28-24-35)53(41-29-25-36(26-30-41)38-22-21-34-13-4-5-14-37(34)31-38)45-18-10-20-47-48(45)43-32-39-15-6-7-16-42(39)49(50(43)54-47)51-52-44-17-8-9-19-46(44)55-51/h1-32,44,46H. The molecule has 1 aromatic heterocycles. The number of allylic oxidation sites excluding steroid dienone is 2. The quantitative estimate of drug-likeness (QED) is 0.173. The van der Waals surface area contributed by atoms with E-state index in [1.807, 2.05) is 12.2 Å². The Morgan fingerprint density at radius 2 is 1.15 bits per heavy atom. The van der Waals surface area contributed by atoms with Crippen molar-refractivity contribution in [2.24, 2.45) is 4.99 Å². The minimum Gasteiger partial charge on any atom is -0.467 e. The number of hydrogen-bond acceptors (Lipinski definition) is 4. The van der Waals surface area contributed by atoms with Crippen LogP contribution in [0.15, 0.2) is 204 Å². The first-order chi connectivity index (χ1) is 27.2. The molecule has 0 spiro atoms. The van der Waals surface area contributed by atoms with E-state index in [1.165, 1.54) is 33.0 Å². The summed E-state index contributed by atoms with van der Waals surface area (Å²) in [5.74, 6) is 0.617. The third-order valence-electron chi connectivity index (χ3n) is 11.0. The number of aliphatic imine (C=N–C) groups is 1. The molecule has 55 heavy (non-hydrogen) atoms. The van der Waals surface area contributed by atoms with Gasteiger partial charge in [-0.25, -0.2) is 4.99 Å². The van der Waals surface area contributed by atoms with Crippen LogP contribution in [-0.2, 0) is 4.74 Å².